The van der Waals surface area contributed by atoms with E-state index < -0.39 is 54.2 Å². The number of likely N-dealkylation sites (tertiary alicyclic amines) is 1. The Balaban J connectivity index is 1.39. The molecule has 0 radical (unpaired) electrons. The van der Waals surface area contributed by atoms with Crippen molar-refractivity contribution in [2.75, 3.05) is 13.6 Å². The number of azo groups is 1. The van der Waals surface area contributed by atoms with Crippen molar-refractivity contribution in [2.24, 2.45) is 16.0 Å². The lowest BCUT2D eigenvalue weighted by atomic mass is 10.0. The summed E-state index contributed by atoms with van der Waals surface area (Å²) < 4.78 is 44.5. The molecular formula is C29H28F3N7O3. The number of nitrogens with two attached hydrogens (primary N) is 1. The van der Waals surface area contributed by atoms with Crippen LogP contribution < -0.4 is 11.1 Å². The first-order valence-corrected chi connectivity index (χ1v) is 13.3. The summed E-state index contributed by atoms with van der Waals surface area (Å²) >= 11 is 0. The average molecular weight is 580 g/mol. The zero-order chi connectivity index (χ0) is 30.1. The van der Waals surface area contributed by atoms with Gasteiger partial charge in [0.05, 0.1) is 24.3 Å². The maximum absolute atomic E-state index is 14.6. The Kier molecular flexibility index (Phi) is 7.92. The number of carbonyl (C=O) groups excluding carboxylic acids is 3. The number of allylic oxidation sites excluding steroid dienone is 2. The Hall–Kier alpha value is -4.81. The number of nitrogens with zero attached hydrogens (tertiary/aromatic N) is 5. The Morgan fingerprint density at radius 2 is 1.98 bits per heavy atom. The van der Waals surface area contributed by atoms with Crippen LogP contribution in [0.3, 0.4) is 0 Å². The second-order valence-electron chi connectivity index (χ2n) is 10.1. The standard InChI is InChI=1S/C29H28F3N7O3/c1-3-15(12-35-34-2)16-4-9-23-19(10-16)27(28(33)41)37-39(23)14-25(40)38-13-17(30)11-24(38)29(42)36-22-8-5-18-20(31)6-7-21(32)26(18)22/h3-4,6-7,9-10,12,17,22,24H,1,5,8,11,13-14H2,2H3,(H2,33,41)(H,36,42)/b15-12+,35-34?/t17-,22?,24+/m1/s1. The molecule has 5 rings (SSSR count). The molecule has 1 unspecified atom stereocenters. The maximum atomic E-state index is 14.6. The average Bonchev–Trinajstić information content (AvgIpc) is 3.67. The number of alkyl halides is 1. The van der Waals surface area contributed by atoms with Crippen LogP contribution in [0.2, 0.25) is 0 Å². The molecule has 218 valence electrons. The van der Waals surface area contributed by atoms with Crippen molar-refractivity contribution < 1.29 is 27.6 Å². The van der Waals surface area contributed by atoms with Gasteiger partial charge in [-0.1, -0.05) is 18.7 Å². The number of hydrogen-bond acceptors (Lipinski definition) is 6. The molecule has 3 atom stereocenters. The molecule has 1 fully saturated rings. The van der Waals surface area contributed by atoms with Gasteiger partial charge in [-0.25, -0.2) is 13.2 Å². The number of benzene rings is 2. The Morgan fingerprint density at radius 3 is 2.69 bits per heavy atom. The van der Waals surface area contributed by atoms with Crippen molar-refractivity contribution in [1.82, 2.24) is 20.0 Å². The van der Waals surface area contributed by atoms with Gasteiger partial charge in [0.1, 0.15) is 30.4 Å². The first-order chi connectivity index (χ1) is 20.1. The fourth-order valence-corrected chi connectivity index (χ4v) is 5.64. The molecule has 3 aromatic rings. The number of hydrogen-bond donors (Lipinski definition) is 2. The summed E-state index contributed by atoms with van der Waals surface area (Å²) in [7, 11) is 1.51. The molecular weight excluding hydrogens is 551 g/mol. The van der Waals surface area contributed by atoms with E-state index in [2.05, 4.69) is 27.2 Å². The minimum atomic E-state index is -1.46. The molecule has 1 saturated heterocycles. The molecule has 3 amide bonds. The molecule has 2 aromatic carbocycles. The van der Waals surface area contributed by atoms with E-state index in [0.29, 0.717) is 22.0 Å². The van der Waals surface area contributed by atoms with Crippen LogP contribution in [0.25, 0.3) is 16.5 Å². The van der Waals surface area contributed by atoms with Crippen LogP contribution in [-0.4, -0.2) is 58.2 Å². The third kappa shape index (κ3) is 5.29. The normalized spacial score (nSPS) is 20.3. The van der Waals surface area contributed by atoms with E-state index in [1.807, 2.05) is 0 Å². The Morgan fingerprint density at radius 1 is 1.21 bits per heavy atom. The maximum Gasteiger partial charge on any atom is 0.269 e. The molecule has 13 heteroatoms. The van der Waals surface area contributed by atoms with Crippen LogP contribution in [0.5, 0.6) is 0 Å². The topological polar surface area (TPSA) is 135 Å². The first-order valence-electron chi connectivity index (χ1n) is 13.3. The van der Waals surface area contributed by atoms with Crippen LogP contribution in [0, 0.1) is 11.6 Å². The van der Waals surface area contributed by atoms with Gasteiger partial charge in [0.25, 0.3) is 5.91 Å². The lowest BCUT2D eigenvalue weighted by Crippen LogP contribution is -2.47. The second-order valence-corrected chi connectivity index (χ2v) is 10.1. The van der Waals surface area contributed by atoms with Gasteiger partial charge in [-0.15, -0.1) is 0 Å². The second kappa shape index (κ2) is 11.6. The SMILES string of the molecule is C=C/C(=C\N=NC)c1ccc2c(c1)c(C(N)=O)nn2CC(=O)N1C[C@H](F)C[C@H]1C(=O)NC1CCc2c(F)ccc(F)c21. The van der Waals surface area contributed by atoms with Crippen molar-refractivity contribution in [2.45, 2.75) is 44.1 Å². The predicted molar refractivity (Wildman–Crippen MR) is 148 cm³/mol. The number of aromatic nitrogens is 2. The van der Waals surface area contributed by atoms with Crippen molar-refractivity contribution in [3.8, 4) is 0 Å². The summed E-state index contributed by atoms with van der Waals surface area (Å²) in [6, 6.07) is 5.12. The van der Waals surface area contributed by atoms with E-state index in [9.17, 15) is 27.6 Å². The van der Waals surface area contributed by atoms with Crippen molar-refractivity contribution in [3.05, 3.63) is 83.2 Å². The number of fused-ring (bicyclic) bond motifs is 2. The van der Waals surface area contributed by atoms with Gasteiger partial charge in [-0.2, -0.15) is 15.3 Å². The predicted octanol–water partition coefficient (Wildman–Crippen LogP) is 3.77. The molecule has 1 aliphatic carbocycles. The molecule has 0 spiro atoms. The minimum Gasteiger partial charge on any atom is -0.364 e. The fourth-order valence-electron chi connectivity index (χ4n) is 5.64. The van der Waals surface area contributed by atoms with Crippen LogP contribution in [0.1, 0.15) is 46.1 Å². The number of nitrogens with one attached hydrogen (secondary N) is 1. The summed E-state index contributed by atoms with van der Waals surface area (Å²) in [6.45, 7) is 3.03. The monoisotopic (exact) mass is 579 g/mol. The van der Waals surface area contributed by atoms with E-state index >= 15 is 0 Å². The van der Waals surface area contributed by atoms with Crippen molar-refractivity contribution >= 4 is 34.2 Å². The Labute approximate surface area is 238 Å². The zero-order valence-corrected chi connectivity index (χ0v) is 22.7. The number of amides is 3. The molecule has 2 aliphatic rings. The number of primary amides is 1. The van der Waals surface area contributed by atoms with Gasteiger partial charge in [-0.05, 0) is 48.2 Å². The van der Waals surface area contributed by atoms with Gasteiger partial charge in [0.2, 0.25) is 11.8 Å². The van der Waals surface area contributed by atoms with Crippen molar-refractivity contribution in [3.63, 3.8) is 0 Å². The highest BCUT2D eigenvalue weighted by molar-refractivity contribution is 6.05. The van der Waals surface area contributed by atoms with Crippen LogP contribution >= 0.6 is 0 Å². The largest absolute Gasteiger partial charge is 0.364 e. The van der Waals surface area contributed by atoms with E-state index in [4.69, 9.17) is 5.73 Å². The van der Waals surface area contributed by atoms with Gasteiger partial charge in [0.15, 0.2) is 5.69 Å². The molecule has 2 heterocycles. The zero-order valence-electron chi connectivity index (χ0n) is 22.7. The lowest BCUT2D eigenvalue weighted by Gasteiger charge is -2.25. The highest BCUT2D eigenvalue weighted by atomic mass is 19.1. The number of halogens is 3. The highest BCUT2D eigenvalue weighted by Crippen LogP contribution is 2.35. The van der Waals surface area contributed by atoms with Crippen LogP contribution in [-0.2, 0) is 22.6 Å². The molecule has 10 nitrogen and oxygen atoms in total. The quantitative estimate of drug-likeness (QED) is 0.310. The minimum absolute atomic E-state index is 0.0737. The molecule has 0 bridgehead atoms. The van der Waals surface area contributed by atoms with Gasteiger partial charge in [0, 0.05) is 30.0 Å². The Bertz CT molecular complexity index is 1670. The van der Waals surface area contributed by atoms with Crippen molar-refractivity contribution in [1.29, 1.82) is 0 Å². The lowest BCUT2D eigenvalue weighted by molar-refractivity contribution is -0.139. The third-order valence-corrected chi connectivity index (χ3v) is 7.60. The first kappa shape index (κ1) is 28.7. The number of carbonyl (C=O) groups is 3. The molecule has 1 aromatic heterocycles. The van der Waals surface area contributed by atoms with Gasteiger partial charge in [-0.3, -0.25) is 19.1 Å². The highest BCUT2D eigenvalue weighted by Gasteiger charge is 2.41. The van der Waals surface area contributed by atoms with Crippen LogP contribution in [0.4, 0.5) is 13.2 Å². The fraction of sp³-hybridized carbons (Fsp3) is 0.310. The summed E-state index contributed by atoms with van der Waals surface area (Å²) in [5, 5.41) is 14.8. The van der Waals surface area contributed by atoms with E-state index in [1.54, 1.807) is 24.3 Å². The van der Waals surface area contributed by atoms with E-state index in [0.717, 1.165) is 17.0 Å². The molecule has 1 aliphatic heterocycles. The summed E-state index contributed by atoms with van der Waals surface area (Å²) in [4.78, 5) is 40.0. The third-order valence-electron chi connectivity index (χ3n) is 7.60. The summed E-state index contributed by atoms with van der Waals surface area (Å²) in [5.74, 6) is -3.28. The number of rotatable bonds is 8. The van der Waals surface area contributed by atoms with Crippen LogP contribution in [0.15, 0.2) is 59.4 Å². The molecule has 3 N–H and O–H groups in total. The van der Waals surface area contributed by atoms with Gasteiger partial charge < -0.3 is 16.0 Å². The smallest absolute Gasteiger partial charge is 0.269 e. The van der Waals surface area contributed by atoms with Gasteiger partial charge >= 0.3 is 0 Å². The van der Waals surface area contributed by atoms with E-state index in [1.165, 1.54) is 17.9 Å². The molecule has 42 heavy (non-hydrogen) atoms. The van der Waals surface area contributed by atoms with E-state index in [-0.39, 0.29) is 42.6 Å². The summed E-state index contributed by atoms with van der Waals surface area (Å²) in [5.41, 5.74) is 7.45. The molecule has 0 saturated carbocycles. The summed E-state index contributed by atoms with van der Waals surface area (Å²) in [6.07, 6.45) is 1.87.